The largest absolute Gasteiger partial charge is 0.493 e. The molecule has 0 fully saturated rings. The first kappa shape index (κ1) is 19.9. The van der Waals surface area contributed by atoms with Crippen molar-refractivity contribution >= 4 is 0 Å². The van der Waals surface area contributed by atoms with Crippen molar-refractivity contribution in [3.63, 3.8) is 0 Å². The fraction of sp³-hybridized carbons (Fsp3) is 0.684. The van der Waals surface area contributed by atoms with Crippen molar-refractivity contribution in [1.82, 2.24) is 4.90 Å². The third-order valence-corrected chi connectivity index (χ3v) is 3.93. The molecule has 0 aromatic heterocycles. The Kier molecular flexibility index (Phi) is 7.52. The molecule has 23 heavy (non-hydrogen) atoms. The standard InChI is InChI=1S/C19H34N2O2/c1-7-12-23-17-9-8-14(13-15(17)19(2,3)4)18(22)16(20)10-11-21(5)6/h8-9,13,16,18,22H,7,10-12,20H2,1-6H3. The fourth-order valence-corrected chi connectivity index (χ4v) is 2.47. The maximum absolute atomic E-state index is 10.6. The van der Waals surface area contributed by atoms with Crippen LogP contribution in [0.3, 0.4) is 0 Å². The molecular weight excluding hydrogens is 288 g/mol. The van der Waals surface area contributed by atoms with Crippen LogP contribution in [0.15, 0.2) is 18.2 Å². The normalized spacial score (nSPS) is 14.8. The van der Waals surface area contributed by atoms with Crippen LogP contribution in [0, 0.1) is 0 Å². The monoisotopic (exact) mass is 322 g/mol. The van der Waals surface area contributed by atoms with Crippen molar-refractivity contribution < 1.29 is 9.84 Å². The Hall–Kier alpha value is -1.10. The molecule has 0 saturated carbocycles. The molecule has 1 aromatic rings. The first-order valence-electron chi connectivity index (χ1n) is 8.52. The molecule has 0 aliphatic rings. The molecule has 0 aliphatic heterocycles. The second-order valence-electron chi connectivity index (χ2n) is 7.55. The summed E-state index contributed by atoms with van der Waals surface area (Å²) in [5.41, 5.74) is 8.10. The van der Waals surface area contributed by atoms with Crippen LogP contribution in [0.1, 0.15) is 57.8 Å². The predicted octanol–water partition coefficient (Wildman–Crippen LogP) is 3.09. The van der Waals surface area contributed by atoms with Crippen LogP contribution >= 0.6 is 0 Å². The molecule has 3 N–H and O–H groups in total. The summed E-state index contributed by atoms with van der Waals surface area (Å²) >= 11 is 0. The molecule has 0 radical (unpaired) electrons. The van der Waals surface area contributed by atoms with E-state index in [-0.39, 0.29) is 11.5 Å². The maximum atomic E-state index is 10.6. The number of nitrogens with zero attached hydrogens (tertiary/aromatic N) is 1. The number of aliphatic hydroxyl groups is 1. The highest BCUT2D eigenvalue weighted by molar-refractivity contribution is 5.42. The van der Waals surface area contributed by atoms with Crippen molar-refractivity contribution in [2.45, 2.75) is 58.1 Å². The number of benzene rings is 1. The molecule has 0 bridgehead atoms. The van der Waals surface area contributed by atoms with E-state index < -0.39 is 6.10 Å². The Morgan fingerprint density at radius 2 is 1.91 bits per heavy atom. The van der Waals surface area contributed by atoms with E-state index in [0.29, 0.717) is 6.61 Å². The van der Waals surface area contributed by atoms with Gasteiger partial charge < -0.3 is 20.5 Å². The molecule has 1 aromatic carbocycles. The Morgan fingerprint density at radius 1 is 1.26 bits per heavy atom. The van der Waals surface area contributed by atoms with Crippen molar-refractivity contribution in [3.8, 4) is 5.75 Å². The highest BCUT2D eigenvalue weighted by atomic mass is 16.5. The zero-order valence-corrected chi connectivity index (χ0v) is 15.6. The third-order valence-electron chi connectivity index (χ3n) is 3.93. The lowest BCUT2D eigenvalue weighted by molar-refractivity contribution is 0.137. The smallest absolute Gasteiger partial charge is 0.123 e. The van der Waals surface area contributed by atoms with E-state index in [9.17, 15) is 5.11 Å². The molecule has 1 rings (SSSR count). The number of hydrogen-bond donors (Lipinski definition) is 2. The van der Waals surface area contributed by atoms with Gasteiger partial charge in [0.05, 0.1) is 12.7 Å². The average Bonchev–Trinajstić information content (AvgIpc) is 2.48. The Morgan fingerprint density at radius 3 is 2.43 bits per heavy atom. The lowest BCUT2D eigenvalue weighted by Gasteiger charge is -2.26. The summed E-state index contributed by atoms with van der Waals surface area (Å²) in [6.07, 6.45) is 1.08. The van der Waals surface area contributed by atoms with Gasteiger partial charge in [-0.1, -0.05) is 33.8 Å². The molecule has 2 atom stereocenters. The van der Waals surface area contributed by atoms with Crippen LogP contribution in [0.4, 0.5) is 0 Å². The summed E-state index contributed by atoms with van der Waals surface area (Å²) in [4.78, 5) is 2.08. The first-order chi connectivity index (χ1) is 10.7. The van der Waals surface area contributed by atoms with E-state index in [0.717, 1.165) is 36.3 Å². The van der Waals surface area contributed by atoms with Gasteiger partial charge in [-0.05, 0) is 62.2 Å². The Bertz CT molecular complexity index is 481. The van der Waals surface area contributed by atoms with Gasteiger partial charge in [-0.15, -0.1) is 0 Å². The summed E-state index contributed by atoms with van der Waals surface area (Å²) in [7, 11) is 4.02. The third kappa shape index (κ3) is 6.13. The van der Waals surface area contributed by atoms with Gasteiger partial charge in [-0.25, -0.2) is 0 Å². The Labute approximate surface area is 141 Å². The number of rotatable bonds is 8. The van der Waals surface area contributed by atoms with Gasteiger partial charge in [0.25, 0.3) is 0 Å². The minimum absolute atomic E-state index is 0.0491. The predicted molar refractivity (Wildman–Crippen MR) is 97.0 cm³/mol. The molecular formula is C19H34N2O2. The summed E-state index contributed by atoms with van der Waals surface area (Å²) < 4.78 is 5.87. The van der Waals surface area contributed by atoms with Gasteiger partial charge in [0.2, 0.25) is 0 Å². The lowest BCUT2D eigenvalue weighted by Crippen LogP contribution is -2.32. The number of hydrogen-bond acceptors (Lipinski definition) is 4. The number of nitrogens with two attached hydrogens (primary N) is 1. The van der Waals surface area contributed by atoms with Gasteiger partial charge in [0.15, 0.2) is 0 Å². The molecule has 4 nitrogen and oxygen atoms in total. The fourth-order valence-electron chi connectivity index (χ4n) is 2.47. The van der Waals surface area contributed by atoms with Crippen molar-refractivity contribution in [3.05, 3.63) is 29.3 Å². The van der Waals surface area contributed by atoms with Crippen LogP contribution in [-0.4, -0.2) is 43.3 Å². The summed E-state index contributed by atoms with van der Waals surface area (Å²) in [5.74, 6) is 0.900. The lowest BCUT2D eigenvalue weighted by atomic mass is 9.84. The molecule has 4 heteroatoms. The van der Waals surface area contributed by atoms with Crippen LogP contribution < -0.4 is 10.5 Å². The molecule has 132 valence electrons. The van der Waals surface area contributed by atoms with E-state index in [1.807, 2.05) is 32.3 Å². The number of ether oxygens (including phenoxy) is 1. The Balaban J connectivity index is 2.99. The van der Waals surface area contributed by atoms with Gasteiger partial charge in [0, 0.05) is 6.04 Å². The zero-order chi connectivity index (χ0) is 17.6. The van der Waals surface area contributed by atoms with Gasteiger partial charge in [0.1, 0.15) is 5.75 Å². The van der Waals surface area contributed by atoms with Gasteiger partial charge in [-0.2, -0.15) is 0 Å². The van der Waals surface area contributed by atoms with Gasteiger partial charge in [-0.3, -0.25) is 0 Å². The topological polar surface area (TPSA) is 58.7 Å². The van der Waals surface area contributed by atoms with Gasteiger partial charge >= 0.3 is 0 Å². The van der Waals surface area contributed by atoms with E-state index >= 15 is 0 Å². The SMILES string of the molecule is CCCOc1ccc(C(O)C(N)CCN(C)C)cc1C(C)(C)C. The zero-order valence-electron chi connectivity index (χ0n) is 15.6. The summed E-state index contributed by atoms with van der Waals surface area (Å²) in [6, 6.07) is 5.67. The van der Waals surface area contributed by atoms with Crippen molar-refractivity contribution in [1.29, 1.82) is 0 Å². The second kappa shape index (κ2) is 8.67. The van der Waals surface area contributed by atoms with Crippen LogP contribution in [-0.2, 0) is 5.41 Å². The molecule has 0 spiro atoms. The molecule has 0 heterocycles. The summed E-state index contributed by atoms with van der Waals surface area (Å²) in [6.45, 7) is 10.1. The molecule has 0 saturated heterocycles. The minimum atomic E-state index is -0.656. The average molecular weight is 322 g/mol. The van der Waals surface area contributed by atoms with E-state index in [1.165, 1.54) is 0 Å². The van der Waals surface area contributed by atoms with Crippen LogP contribution in [0.25, 0.3) is 0 Å². The number of aliphatic hydroxyl groups excluding tert-OH is 1. The van der Waals surface area contributed by atoms with Crippen molar-refractivity contribution in [2.75, 3.05) is 27.2 Å². The summed E-state index contributed by atoms with van der Waals surface area (Å²) in [5, 5.41) is 10.6. The quantitative estimate of drug-likeness (QED) is 0.772. The highest BCUT2D eigenvalue weighted by Crippen LogP contribution is 2.34. The van der Waals surface area contributed by atoms with E-state index in [4.69, 9.17) is 10.5 Å². The van der Waals surface area contributed by atoms with E-state index in [1.54, 1.807) is 0 Å². The first-order valence-corrected chi connectivity index (χ1v) is 8.52. The molecule has 2 unspecified atom stereocenters. The van der Waals surface area contributed by atoms with Crippen LogP contribution in [0.5, 0.6) is 5.75 Å². The second-order valence-corrected chi connectivity index (χ2v) is 7.55. The molecule has 0 amide bonds. The maximum Gasteiger partial charge on any atom is 0.123 e. The van der Waals surface area contributed by atoms with E-state index in [2.05, 4.69) is 32.6 Å². The van der Waals surface area contributed by atoms with Crippen LogP contribution in [0.2, 0.25) is 0 Å². The van der Waals surface area contributed by atoms with Crippen molar-refractivity contribution in [2.24, 2.45) is 5.73 Å². The highest BCUT2D eigenvalue weighted by Gasteiger charge is 2.23. The minimum Gasteiger partial charge on any atom is -0.493 e. The molecule has 0 aliphatic carbocycles.